The number of amides is 1. The monoisotopic (exact) mass is 519 g/mol. The number of pyridine rings is 1. The predicted octanol–water partition coefficient (Wildman–Crippen LogP) is 4.19. The van der Waals surface area contributed by atoms with Crippen LogP contribution in [0.4, 0.5) is 5.69 Å². The summed E-state index contributed by atoms with van der Waals surface area (Å²) >= 11 is 0. The standard InChI is InChI=1S/C27H29N5O4S/c1-17-12-18(2)30-27(34)23(17)15-28-26(33)22-13-19(31-37(35,36)21-10-4-3-5-11-21)14-25-24(22)16-29-32(25)20-8-6-7-9-20/h3-5,10-14,16,20,31H,6-9,15H2,1-2H3,(H,28,33)(H,30,34). The summed E-state index contributed by atoms with van der Waals surface area (Å²) in [6, 6.07) is 13.4. The Morgan fingerprint density at radius 1 is 1.11 bits per heavy atom. The Bertz CT molecular complexity index is 1630. The predicted molar refractivity (Wildman–Crippen MR) is 142 cm³/mol. The maximum absolute atomic E-state index is 13.4. The molecule has 0 atom stereocenters. The van der Waals surface area contributed by atoms with Gasteiger partial charge in [-0.15, -0.1) is 0 Å². The van der Waals surface area contributed by atoms with E-state index in [0.29, 0.717) is 16.5 Å². The third kappa shape index (κ3) is 5.01. The molecule has 0 spiro atoms. The minimum atomic E-state index is -3.87. The summed E-state index contributed by atoms with van der Waals surface area (Å²) < 4.78 is 30.6. The van der Waals surface area contributed by atoms with Crippen LogP contribution in [0, 0.1) is 13.8 Å². The number of aryl methyl sites for hydroxylation is 2. The molecule has 1 aliphatic rings. The smallest absolute Gasteiger partial charge is 0.261 e. The van der Waals surface area contributed by atoms with E-state index in [4.69, 9.17) is 0 Å². The Hall–Kier alpha value is -3.92. The first-order chi connectivity index (χ1) is 17.7. The first-order valence-electron chi connectivity index (χ1n) is 12.3. The van der Waals surface area contributed by atoms with Gasteiger partial charge in [-0.25, -0.2) is 8.42 Å². The second-order valence-electron chi connectivity index (χ2n) is 9.53. The number of benzene rings is 2. The van der Waals surface area contributed by atoms with Gasteiger partial charge >= 0.3 is 0 Å². The van der Waals surface area contributed by atoms with Crippen LogP contribution < -0.4 is 15.6 Å². The van der Waals surface area contributed by atoms with E-state index >= 15 is 0 Å². The highest BCUT2D eigenvalue weighted by atomic mass is 32.2. The van der Waals surface area contributed by atoms with Crippen LogP contribution in [-0.2, 0) is 16.6 Å². The SMILES string of the molecule is Cc1cc(C)c(CNC(=O)c2cc(NS(=O)(=O)c3ccccc3)cc3c2cnn3C2CCCC2)c(=O)[nH]1. The van der Waals surface area contributed by atoms with Crippen molar-refractivity contribution < 1.29 is 13.2 Å². The molecule has 1 fully saturated rings. The molecule has 192 valence electrons. The molecular weight excluding hydrogens is 490 g/mol. The lowest BCUT2D eigenvalue weighted by Gasteiger charge is -2.15. The maximum Gasteiger partial charge on any atom is 0.261 e. The molecule has 5 rings (SSSR count). The van der Waals surface area contributed by atoms with Gasteiger partial charge in [0.1, 0.15) is 0 Å². The molecule has 3 N–H and O–H groups in total. The van der Waals surface area contributed by atoms with Crippen LogP contribution in [0.15, 0.2) is 64.4 Å². The molecule has 2 aromatic heterocycles. The quantitative estimate of drug-likeness (QED) is 0.338. The van der Waals surface area contributed by atoms with E-state index in [1.54, 1.807) is 37.4 Å². The van der Waals surface area contributed by atoms with Gasteiger partial charge in [-0.05, 0) is 62.6 Å². The second kappa shape index (κ2) is 9.85. The fourth-order valence-electron chi connectivity index (χ4n) is 5.01. The summed E-state index contributed by atoms with van der Waals surface area (Å²) in [4.78, 5) is 28.7. The highest BCUT2D eigenvalue weighted by Crippen LogP contribution is 2.34. The third-order valence-corrected chi connectivity index (χ3v) is 8.25. The molecule has 1 aliphatic carbocycles. The van der Waals surface area contributed by atoms with Gasteiger partial charge in [-0.1, -0.05) is 31.0 Å². The van der Waals surface area contributed by atoms with Gasteiger partial charge in [0.2, 0.25) is 0 Å². The number of hydrogen-bond donors (Lipinski definition) is 3. The number of carbonyl (C=O) groups is 1. The summed E-state index contributed by atoms with van der Waals surface area (Å²) in [7, 11) is -3.87. The third-order valence-electron chi connectivity index (χ3n) is 6.86. The van der Waals surface area contributed by atoms with Crippen molar-refractivity contribution in [2.75, 3.05) is 4.72 Å². The second-order valence-corrected chi connectivity index (χ2v) is 11.2. The number of nitrogens with one attached hydrogen (secondary N) is 3. The van der Waals surface area contributed by atoms with E-state index in [2.05, 4.69) is 20.1 Å². The highest BCUT2D eigenvalue weighted by Gasteiger charge is 2.24. The normalized spacial score (nSPS) is 14.2. The number of rotatable bonds is 7. The van der Waals surface area contributed by atoms with Crippen molar-refractivity contribution in [1.82, 2.24) is 20.1 Å². The van der Waals surface area contributed by atoms with Gasteiger partial charge in [0.15, 0.2) is 0 Å². The molecular formula is C27H29N5O4S. The lowest BCUT2D eigenvalue weighted by molar-refractivity contribution is 0.0952. The minimum absolute atomic E-state index is 0.0402. The molecule has 2 heterocycles. The van der Waals surface area contributed by atoms with Crippen molar-refractivity contribution in [3.63, 3.8) is 0 Å². The number of aromatic nitrogens is 3. The van der Waals surface area contributed by atoms with Crippen molar-refractivity contribution in [3.05, 3.63) is 87.5 Å². The summed E-state index contributed by atoms with van der Waals surface area (Å²) in [6.07, 6.45) is 5.82. The summed E-state index contributed by atoms with van der Waals surface area (Å²) in [5.41, 5.74) is 3.00. The zero-order chi connectivity index (χ0) is 26.2. The number of hydrogen-bond acceptors (Lipinski definition) is 5. The summed E-state index contributed by atoms with van der Waals surface area (Å²) in [5, 5.41) is 8.04. The van der Waals surface area contributed by atoms with E-state index in [1.165, 1.54) is 18.2 Å². The molecule has 10 heteroatoms. The van der Waals surface area contributed by atoms with Gasteiger partial charge in [-0.3, -0.25) is 19.0 Å². The van der Waals surface area contributed by atoms with Crippen LogP contribution in [0.25, 0.3) is 10.9 Å². The first-order valence-corrected chi connectivity index (χ1v) is 13.8. The zero-order valence-electron chi connectivity index (χ0n) is 20.7. The van der Waals surface area contributed by atoms with Crippen molar-refractivity contribution >= 4 is 32.5 Å². The van der Waals surface area contributed by atoms with Gasteiger partial charge in [0, 0.05) is 23.2 Å². The number of sulfonamides is 1. The van der Waals surface area contributed by atoms with Crippen LogP contribution in [0.5, 0.6) is 0 Å². The largest absolute Gasteiger partial charge is 0.348 e. The number of aromatic amines is 1. The van der Waals surface area contributed by atoms with Gasteiger partial charge in [0.05, 0.1) is 33.9 Å². The lowest BCUT2D eigenvalue weighted by Crippen LogP contribution is -2.28. The van der Waals surface area contributed by atoms with Crippen LogP contribution in [0.2, 0.25) is 0 Å². The summed E-state index contributed by atoms with van der Waals surface area (Å²) in [5.74, 6) is -0.420. The summed E-state index contributed by atoms with van der Waals surface area (Å²) in [6.45, 7) is 3.67. The molecule has 0 saturated heterocycles. The minimum Gasteiger partial charge on any atom is -0.348 e. The Labute approximate surface area is 215 Å². The maximum atomic E-state index is 13.4. The molecule has 37 heavy (non-hydrogen) atoms. The van der Waals surface area contributed by atoms with Crippen LogP contribution >= 0.6 is 0 Å². The molecule has 2 aromatic carbocycles. The number of fused-ring (bicyclic) bond motifs is 1. The molecule has 9 nitrogen and oxygen atoms in total. The molecule has 1 amide bonds. The fourth-order valence-corrected chi connectivity index (χ4v) is 6.07. The Morgan fingerprint density at radius 2 is 1.84 bits per heavy atom. The van der Waals surface area contributed by atoms with Gasteiger partial charge in [0.25, 0.3) is 21.5 Å². The van der Waals surface area contributed by atoms with E-state index in [0.717, 1.165) is 36.9 Å². The van der Waals surface area contributed by atoms with Crippen molar-refractivity contribution in [1.29, 1.82) is 0 Å². The van der Waals surface area contributed by atoms with E-state index in [-0.39, 0.29) is 34.3 Å². The molecule has 4 aromatic rings. The van der Waals surface area contributed by atoms with Crippen LogP contribution in [0.1, 0.15) is 58.9 Å². The number of H-pyrrole nitrogens is 1. The fraction of sp³-hybridized carbons (Fsp3) is 0.296. The zero-order valence-corrected chi connectivity index (χ0v) is 21.6. The van der Waals surface area contributed by atoms with Crippen molar-refractivity contribution in [3.8, 4) is 0 Å². The van der Waals surface area contributed by atoms with E-state index in [1.807, 2.05) is 17.7 Å². The molecule has 0 bridgehead atoms. The number of anilines is 1. The lowest BCUT2D eigenvalue weighted by atomic mass is 10.1. The highest BCUT2D eigenvalue weighted by molar-refractivity contribution is 7.92. The topological polar surface area (TPSA) is 126 Å². The average molecular weight is 520 g/mol. The van der Waals surface area contributed by atoms with Crippen LogP contribution in [0.3, 0.4) is 0 Å². The Morgan fingerprint density at radius 3 is 2.54 bits per heavy atom. The van der Waals surface area contributed by atoms with Crippen molar-refractivity contribution in [2.45, 2.75) is 57.0 Å². The molecule has 0 unspecified atom stereocenters. The molecule has 1 saturated carbocycles. The van der Waals surface area contributed by atoms with E-state index in [9.17, 15) is 18.0 Å². The first kappa shape index (κ1) is 24.8. The molecule has 0 aliphatic heterocycles. The Balaban J connectivity index is 1.53. The van der Waals surface area contributed by atoms with Gasteiger partial charge < -0.3 is 10.3 Å². The number of nitrogens with zero attached hydrogens (tertiary/aromatic N) is 2. The van der Waals surface area contributed by atoms with Gasteiger partial charge in [-0.2, -0.15) is 5.10 Å². The van der Waals surface area contributed by atoms with E-state index < -0.39 is 15.9 Å². The molecule has 0 radical (unpaired) electrons. The van der Waals surface area contributed by atoms with Crippen LogP contribution in [-0.4, -0.2) is 29.1 Å². The Kier molecular flexibility index (Phi) is 6.59. The average Bonchev–Trinajstić information content (AvgIpc) is 3.53. The number of carbonyl (C=O) groups excluding carboxylic acids is 1. The van der Waals surface area contributed by atoms with Crippen molar-refractivity contribution in [2.24, 2.45) is 0 Å².